The van der Waals surface area contributed by atoms with Crippen molar-refractivity contribution in [1.82, 2.24) is 4.57 Å². The number of carboxylic acid groups (broad SMARTS) is 1. The van der Waals surface area contributed by atoms with Crippen LogP contribution in [0.2, 0.25) is 5.02 Å². The Kier molecular flexibility index (Phi) is 10.2. The van der Waals surface area contributed by atoms with Gasteiger partial charge in [0.25, 0.3) is 5.56 Å². The first-order chi connectivity index (χ1) is 22.4. The molecule has 1 aliphatic heterocycles. The number of ether oxygens (including phenoxy) is 4. The molecule has 10 nitrogen and oxygen atoms in total. The van der Waals surface area contributed by atoms with Crippen LogP contribution in [0.15, 0.2) is 80.1 Å². The van der Waals surface area contributed by atoms with Crippen molar-refractivity contribution in [2.45, 2.75) is 39.5 Å². The Bertz CT molecular complexity index is 2100. The molecule has 0 unspecified atom stereocenters. The number of fused-ring (bicyclic) bond motifs is 1. The topological polar surface area (TPSA) is 126 Å². The van der Waals surface area contributed by atoms with E-state index in [2.05, 4.69) is 20.9 Å². The average Bonchev–Trinajstić information content (AvgIpc) is 3.32. The quantitative estimate of drug-likeness (QED) is 0.200. The predicted molar refractivity (Wildman–Crippen MR) is 181 cm³/mol. The zero-order chi connectivity index (χ0) is 34.0. The van der Waals surface area contributed by atoms with Crippen LogP contribution in [0.5, 0.6) is 17.2 Å². The highest BCUT2D eigenvalue weighted by Crippen LogP contribution is 2.39. The van der Waals surface area contributed by atoms with Gasteiger partial charge in [-0.1, -0.05) is 51.0 Å². The number of hydrogen-bond donors (Lipinski definition) is 1. The molecular weight excluding hydrogens is 712 g/mol. The van der Waals surface area contributed by atoms with Gasteiger partial charge in [0, 0.05) is 10.0 Å². The third-order valence-corrected chi connectivity index (χ3v) is 8.93. The number of carboxylic acids is 1. The summed E-state index contributed by atoms with van der Waals surface area (Å²) in [6, 6.07) is 14.2. The van der Waals surface area contributed by atoms with E-state index in [1.807, 2.05) is 12.1 Å². The van der Waals surface area contributed by atoms with E-state index in [9.17, 15) is 19.5 Å². The fourth-order valence-corrected chi connectivity index (χ4v) is 6.84. The number of hydrogen-bond acceptors (Lipinski definition) is 9. The lowest BCUT2D eigenvalue weighted by Crippen LogP contribution is -2.40. The van der Waals surface area contributed by atoms with Crippen molar-refractivity contribution in [2.24, 2.45) is 4.99 Å². The fraction of sp³-hybridized carbons (Fsp3) is 0.235. The molecule has 0 fully saturated rings. The lowest BCUT2D eigenvalue weighted by Gasteiger charge is -2.26. The molecule has 0 aliphatic carbocycles. The third-order valence-electron chi connectivity index (χ3n) is 7.18. The van der Waals surface area contributed by atoms with E-state index in [0.29, 0.717) is 43.2 Å². The Morgan fingerprint density at radius 3 is 2.53 bits per heavy atom. The minimum Gasteiger partial charge on any atom is -0.496 e. The second kappa shape index (κ2) is 14.2. The van der Waals surface area contributed by atoms with Gasteiger partial charge in [-0.05, 0) is 80.4 Å². The van der Waals surface area contributed by atoms with E-state index in [1.54, 1.807) is 57.2 Å². The van der Waals surface area contributed by atoms with Crippen LogP contribution in [0.4, 0.5) is 0 Å². The maximum Gasteiger partial charge on any atom is 0.338 e. The number of aromatic carboxylic acids is 1. The summed E-state index contributed by atoms with van der Waals surface area (Å²) in [5.41, 5.74) is 2.20. The van der Waals surface area contributed by atoms with Crippen LogP contribution in [0.1, 0.15) is 53.9 Å². The number of rotatable bonds is 10. The van der Waals surface area contributed by atoms with Crippen LogP contribution < -0.4 is 29.1 Å². The molecule has 47 heavy (non-hydrogen) atoms. The van der Waals surface area contributed by atoms with Gasteiger partial charge in [0.05, 0.1) is 46.7 Å². The molecule has 1 N–H and O–H groups in total. The van der Waals surface area contributed by atoms with Crippen molar-refractivity contribution < 1.29 is 33.6 Å². The molecule has 1 aromatic heterocycles. The van der Waals surface area contributed by atoms with E-state index in [-0.39, 0.29) is 40.2 Å². The minimum absolute atomic E-state index is 0.0507. The number of halogens is 2. The first kappa shape index (κ1) is 34.0. The molecule has 0 amide bonds. The Balaban J connectivity index is 1.59. The smallest absolute Gasteiger partial charge is 0.338 e. The normalized spacial score (nSPS) is 14.5. The second-order valence-electron chi connectivity index (χ2n) is 10.8. The largest absolute Gasteiger partial charge is 0.496 e. The van der Waals surface area contributed by atoms with Crippen molar-refractivity contribution in [1.29, 1.82) is 0 Å². The molecule has 5 rings (SSSR count). The molecule has 1 atom stereocenters. The number of benzene rings is 3. The van der Waals surface area contributed by atoms with Crippen LogP contribution in [0.3, 0.4) is 0 Å². The lowest BCUT2D eigenvalue weighted by atomic mass is 9.95. The lowest BCUT2D eigenvalue weighted by molar-refractivity contribution is -0.143. The van der Waals surface area contributed by atoms with Crippen molar-refractivity contribution in [3.8, 4) is 17.2 Å². The van der Waals surface area contributed by atoms with Crippen LogP contribution in [-0.4, -0.2) is 41.9 Å². The number of carbonyl (C=O) groups excluding carboxylic acids is 1. The molecule has 13 heteroatoms. The monoisotopic (exact) mass is 740 g/mol. The first-order valence-electron chi connectivity index (χ1n) is 14.3. The SMILES string of the molecule is COc1ccc(Br)cc1[C@H]1C(C(=O)OC(C)C)=C(C)N=c2s/c(=C\c3cc(Cl)c(OCc4cccc(C(=O)O)c4)c(OC)c3)c(=O)n21. The van der Waals surface area contributed by atoms with E-state index in [0.717, 1.165) is 4.47 Å². The van der Waals surface area contributed by atoms with Gasteiger partial charge in [0.15, 0.2) is 16.3 Å². The van der Waals surface area contributed by atoms with Gasteiger partial charge in [-0.3, -0.25) is 9.36 Å². The number of aromatic nitrogens is 1. The Hall–Kier alpha value is -4.39. The molecule has 0 bridgehead atoms. The van der Waals surface area contributed by atoms with Crippen molar-refractivity contribution in [3.63, 3.8) is 0 Å². The van der Waals surface area contributed by atoms with E-state index in [4.69, 9.17) is 30.5 Å². The third kappa shape index (κ3) is 7.14. The number of nitrogens with zero attached hydrogens (tertiary/aromatic N) is 2. The Morgan fingerprint density at radius 1 is 1.11 bits per heavy atom. The molecule has 0 saturated heterocycles. The summed E-state index contributed by atoms with van der Waals surface area (Å²) in [5, 5.41) is 9.52. The summed E-state index contributed by atoms with van der Waals surface area (Å²) in [7, 11) is 2.99. The maximum atomic E-state index is 14.1. The number of esters is 1. The van der Waals surface area contributed by atoms with E-state index >= 15 is 0 Å². The zero-order valence-electron chi connectivity index (χ0n) is 26.0. The summed E-state index contributed by atoms with van der Waals surface area (Å²) in [5.74, 6) is -0.555. The van der Waals surface area contributed by atoms with Crippen molar-refractivity contribution in [3.05, 3.63) is 117 Å². The minimum atomic E-state index is -1.04. The molecule has 4 aromatic rings. The Labute approximate surface area is 287 Å². The molecule has 0 spiro atoms. The highest BCUT2D eigenvalue weighted by molar-refractivity contribution is 9.10. The van der Waals surface area contributed by atoms with Gasteiger partial charge in [-0.25, -0.2) is 14.6 Å². The van der Waals surface area contributed by atoms with Crippen molar-refractivity contribution in [2.75, 3.05) is 14.2 Å². The highest BCUT2D eigenvalue weighted by Gasteiger charge is 2.35. The molecule has 0 radical (unpaired) electrons. The molecule has 1 aliphatic rings. The highest BCUT2D eigenvalue weighted by atomic mass is 79.9. The summed E-state index contributed by atoms with van der Waals surface area (Å²) in [4.78, 5) is 44.0. The molecular formula is C34H30BrClN2O8S. The summed E-state index contributed by atoms with van der Waals surface area (Å²) < 4.78 is 25.3. The van der Waals surface area contributed by atoms with Gasteiger partial charge in [0.1, 0.15) is 18.4 Å². The molecule has 2 heterocycles. The molecule has 3 aromatic carbocycles. The number of carbonyl (C=O) groups is 2. The van der Waals surface area contributed by atoms with Gasteiger partial charge in [-0.15, -0.1) is 0 Å². The fourth-order valence-electron chi connectivity index (χ4n) is 5.14. The van der Waals surface area contributed by atoms with Gasteiger partial charge < -0.3 is 24.1 Å². The van der Waals surface area contributed by atoms with Gasteiger partial charge in [0.2, 0.25) is 0 Å². The van der Waals surface area contributed by atoms with Gasteiger partial charge in [-0.2, -0.15) is 0 Å². The summed E-state index contributed by atoms with van der Waals surface area (Å²) in [6.45, 7) is 5.27. The van der Waals surface area contributed by atoms with Crippen molar-refractivity contribution >= 4 is 56.9 Å². The first-order valence-corrected chi connectivity index (χ1v) is 16.3. The van der Waals surface area contributed by atoms with Crippen LogP contribution >= 0.6 is 38.9 Å². The van der Waals surface area contributed by atoms with Crippen LogP contribution in [0.25, 0.3) is 6.08 Å². The Morgan fingerprint density at radius 2 is 1.85 bits per heavy atom. The van der Waals surface area contributed by atoms with E-state index in [1.165, 1.54) is 42.3 Å². The maximum absolute atomic E-state index is 14.1. The van der Waals surface area contributed by atoms with Crippen LogP contribution in [0, 0.1) is 0 Å². The number of thiazole rings is 1. The average molecular weight is 742 g/mol. The van der Waals surface area contributed by atoms with E-state index < -0.39 is 18.0 Å². The number of allylic oxidation sites excluding steroid dienone is 1. The zero-order valence-corrected chi connectivity index (χ0v) is 29.2. The van der Waals surface area contributed by atoms with Crippen LogP contribution in [-0.2, 0) is 16.1 Å². The van der Waals surface area contributed by atoms with Gasteiger partial charge >= 0.3 is 11.9 Å². The predicted octanol–water partition coefficient (Wildman–Crippen LogP) is 5.90. The second-order valence-corrected chi connectivity index (χ2v) is 13.1. The standard InChI is InChI=1S/C34H30BrClN2O8S/c1-17(2)46-33(42)28-18(3)37-34-38(29(28)23-15-22(35)9-10-25(23)43-4)31(39)27(47-34)14-20-12-24(36)30(26(13-20)44-5)45-16-19-7-6-8-21(11-19)32(40)41/h6-15,17,29H,16H2,1-5H3,(H,40,41)/b27-14-/t29-/m0/s1. The molecule has 0 saturated carbocycles. The summed E-state index contributed by atoms with van der Waals surface area (Å²) in [6.07, 6.45) is 1.28. The summed E-state index contributed by atoms with van der Waals surface area (Å²) >= 11 is 11.3. The number of methoxy groups -OCH3 is 2. The molecule has 244 valence electrons.